The van der Waals surface area contributed by atoms with Gasteiger partial charge in [-0.3, -0.25) is 0 Å². The van der Waals surface area contributed by atoms with Crippen LogP contribution in [0.1, 0.15) is 0 Å². The molecule has 0 aliphatic heterocycles. The highest BCUT2D eigenvalue weighted by molar-refractivity contribution is 6.68. The fourth-order valence-corrected chi connectivity index (χ4v) is 7.73. The lowest BCUT2D eigenvalue weighted by atomic mass is 9.60. The molecule has 0 aliphatic rings. The Bertz CT molecular complexity index is 3130. The number of para-hydroxylation sites is 3. The molecule has 0 saturated heterocycles. The molecular weight excluding hydrogens is 665 g/mol. The minimum atomic E-state index is 0.128. The lowest BCUT2D eigenvalue weighted by Gasteiger charge is -2.21. The summed E-state index contributed by atoms with van der Waals surface area (Å²) in [6, 6.07) is 49.9. The van der Waals surface area contributed by atoms with Crippen LogP contribution in [0, 0.1) is 0 Å². The average molecular weight is 689 g/mol. The highest BCUT2D eigenvalue weighted by Crippen LogP contribution is 2.40. The van der Waals surface area contributed by atoms with E-state index in [9.17, 15) is 0 Å². The van der Waals surface area contributed by atoms with E-state index in [1.165, 1.54) is 16.3 Å². The molecule has 0 saturated carbocycles. The topological polar surface area (TPSA) is 43.9 Å². The van der Waals surface area contributed by atoms with Gasteiger partial charge in [-0.2, -0.15) is 0 Å². The molecule has 244 valence electrons. The Kier molecular flexibility index (Phi) is 7.74. The van der Waals surface area contributed by atoms with Crippen molar-refractivity contribution in [3.05, 3.63) is 146 Å². The summed E-state index contributed by atoms with van der Waals surface area (Å²) >= 11 is 0. The Hall–Kier alpha value is -6.46. The molecule has 7 aromatic carbocycles. The SMILES string of the molecule is [B]c1c([B])c([B])c(-c2nc(-c3ccccc3)cc(-c3cccc4c3oc3ccc(-c5ccc6c(c5)c5ccccc5n6-c5ccccc5)cc34)n2)c([B])c1[B]. The van der Waals surface area contributed by atoms with Gasteiger partial charge < -0.3 is 8.98 Å². The Morgan fingerprint density at radius 1 is 0.436 bits per heavy atom. The molecule has 10 aromatic rings. The monoisotopic (exact) mass is 689 g/mol. The number of benzene rings is 7. The first kappa shape index (κ1) is 33.1. The first-order chi connectivity index (χ1) is 26.9. The summed E-state index contributed by atoms with van der Waals surface area (Å²) < 4.78 is 8.96. The van der Waals surface area contributed by atoms with Crippen LogP contribution in [0.3, 0.4) is 0 Å². The molecular formula is C46H24B5N3O. The highest BCUT2D eigenvalue weighted by atomic mass is 16.3. The van der Waals surface area contributed by atoms with Crippen LogP contribution in [0.25, 0.3) is 94.5 Å². The summed E-state index contributed by atoms with van der Waals surface area (Å²) in [4.78, 5) is 9.92. The van der Waals surface area contributed by atoms with Crippen LogP contribution in [-0.4, -0.2) is 53.8 Å². The van der Waals surface area contributed by atoms with Crippen molar-refractivity contribution >= 4 is 110 Å². The van der Waals surface area contributed by atoms with Crippen LogP contribution >= 0.6 is 0 Å². The van der Waals surface area contributed by atoms with Crippen molar-refractivity contribution in [3.8, 4) is 50.7 Å². The van der Waals surface area contributed by atoms with Crippen molar-refractivity contribution in [1.29, 1.82) is 0 Å². The van der Waals surface area contributed by atoms with E-state index in [2.05, 4.69) is 89.5 Å². The summed E-state index contributed by atoms with van der Waals surface area (Å²) in [5, 5.41) is 4.34. The Morgan fingerprint density at radius 2 is 1.04 bits per heavy atom. The van der Waals surface area contributed by atoms with E-state index in [1.807, 2.05) is 60.7 Å². The van der Waals surface area contributed by atoms with Gasteiger partial charge in [0.05, 0.1) is 22.4 Å². The third-order valence-electron chi connectivity index (χ3n) is 10.5. The van der Waals surface area contributed by atoms with E-state index in [0.717, 1.165) is 49.8 Å². The molecule has 0 spiro atoms. The maximum Gasteiger partial charge on any atom is 0.159 e. The first-order valence-electron chi connectivity index (χ1n) is 17.9. The van der Waals surface area contributed by atoms with E-state index in [0.29, 0.717) is 22.5 Å². The summed E-state index contributed by atoms with van der Waals surface area (Å²) in [6.07, 6.45) is 0. The number of nitrogens with zero attached hydrogens (tertiary/aromatic N) is 3. The van der Waals surface area contributed by atoms with Crippen molar-refractivity contribution in [2.24, 2.45) is 0 Å². The molecule has 0 unspecified atom stereocenters. The number of fused-ring (bicyclic) bond motifs is 6. The molecule has 10 rings (SSSR count). The number of hydrogen-bond donors (Lipinski definition) is 0. The third kappa shape index (κ3) is 5.29. The summed E-state index contributed by atoms with van der Waals surface area (Å²) in [6.45, 7) is 0. The van der Waals surface area contributed by atoms with E-state index >= 15 is 0 Å². The van der Waals surface area contributed by atoms with Gasteiger partial charge >= 0.3 is 0 Å². The second-order valence-electron chi connectivity index (χ2n) is 13.7. The van der Waals surface area contributed by atoms with Crippen LogP contribution < -0.4 is 27.3 Å². The van der Waals surface area contributed by atoms with Gasteiger partial charge in [0.25, 0.3) is 0 Å². The molecule has 55 heavy (non-hydrogen) atoms. The molecule has 0 bridgehead atoms. The molecule has 0 fully saturated rings. The predicted octanol–water partition coefficient (Wildman–Crippen LogP) is 6.11. The van der Waals surface area contributed by atoms with Gasteiger partial charge in [0.15, 0.2) is 5.82 Å². The fraction of sp³-hybridized carbons (Fsp3) is 0. The Labute approximate surface area is 324 Å². The van der Waals surface area contributed by atoms with E-state index in [4.69, 9.17) is 53.6 Å². The zero-order chi connectivity index (χ0) is 37.4. The zero-order valence-corrected chi connectivity index (χ0v) is 29.5. The molecule has 0 N–H and O–H groups in total. The van der Waals surface area contributed by atoms with Gasteiger partial charge in [0.1, 0.15) is 50.4 Å². The number of aromatic nitrogens is 3. The summed E-state index contributed by atoms with van der Waals surface area (Å²) in [5.41, 5.74) is 11.1. The Morgan fingerprint density at radius 3 is 1.80 bits per heavy atom. The van der Waals surface area contributed by atoms with Gasteiger partial charge in [0, 0.05) is 43.9 Å². The smallest absolute Gasteiger partial charge is 0.159 e. The fourth-order valence-electron chi connectivity index (χ4n) is 7.73. The lowest BCUT2D eigenvalue weighted by Crippen LogP contribution is -2.55. The molecule has 0 amide bonds. The molecule has 3 aromatic heterocycles. The van der Waals surface area contributed by atoms with E-state index in [1.54, 1.807) is 0 Å². The maximum absolute atomic E-state index is 6.63. The van der Waals surface area contributed by atoms with Crippen LogP contribution in [0.2, 0.25) is 0 Å². The standard InChI is InChI=1S/C46H24B5N3O/c47-40-39(41(48)43(50)44(51)42(40)49)46-52-34(25-10-3-1-4-11-25)24-35(53-46)31-16-9-15-30-33-23-27(19-21-38(33)55-45(30)31)26-18-20-37-32(22-26)29-14-7-8-17-36(29)54(37)28-12-5-2-6-13-28/h1-24H. The molecule has 0 atom stereocenters. The van der Waals surface area contributed by atoms with Crippen LogP contribution in [0.4, 0.5) is 0 Å². The quantitative estimate of drug-likeness (QED) is 0.205. The van der Waals surface area contributed by atoms with Crippen LogP contribution in [0.5, 0.6) is 0 Å². The molecule has 0 aliphatic carbocycles. The van der Waals surface area contributed by atoms with Gasteiger partial charge in [-0.15, -0.1) is 16.4 Å². The van der Waals surface area contributed by atoms with E-state index in [-0.39, 0.29) is 33.1 Å². The van der Waals surface area contributed by atoms with Crippen molar-refractivity contribution < 1.29 is 4.42 Å². The zero-order valence-electron chi connectivity index (χ0n) is 29.5. The van der Waals surface area contributed by atoms with Gasteiger partial charge in [-0.25, -0.2) is 9.97 Å². The number of furan rings is 1. The number of rotatable bonds is 5. The van der Waals surface area contributed by atoms with Crippen LogP contribution in [0.15, 0.2) is 150 Å². The van der Waals surface area contributed by atoms with Crippen molar-refractivity contribution in [3.63, 3.8) is 0 Å². The minimum Gasteiger partial charge on any atom is -0.455 e. The van der Waals surface area contributed by atoms with Crippen molar-refractivity contribution in [2.75, 3.05) is 0 Å². The molecule has 3 heterocycles. The summed E-state index contributed by atoms with van der Waals surface area (Å²) in [5.74, 6) is 0.268. The highest BCUT2D eigenvalue weighted by Gasteiger charge is 2.20. The first-order valence-corrected chi connectivity index (χ1v) is 17.9. The summed E-state index contributed by atoms with van der Waals surface area (Å²) in [7, 11) is 31.7. The second-order valence-corrected chi connectivity index (χ2v) is 13.7. The third-order valence-corrected chi connectivity index (χ3v) is 10.5. The molecule has 10 radical (unpaired) electrons. The lowest BCUT2D eigenvalue weighted by molar-refractivity contribution is 0.670. The van der Waals surface area contributed by atoms with Gasteiger partial charge in [-0.05, 0) is 65.7 Å². The van der Waals surface area contributed by atoms with Crippen molar-refractivity contribution in [1.82, 2.24) is 14.5 Å². The average Bonchev–Trinajstić information content (AvgIpc) is 3.78. The normalized spacial score (nSPS) is 11.6. The molecule has 9 heteroatoms. The predicted molar refractivity (Wildman–Crippen MR) is 232 cm³/mol. The number of hydrogen-bond acceptors (Lipinski definition) is 3. The van der Waals surface area contributed by atoms with Crippen molar-refractivity contribution in [2.45, 2.75) is 0 Å². The maximum atomic E-state index is 6.63. The van der Waals surface area contributed by atoms with Crippen LogP contribution in [-0.2, 0) is 0 Å². The Balaban J connectivity index is 1.14. The van der Waals surface area contributed by atoms with Gasteiger partial charge in [-0.1, -0.05) is 102 Å². The van der Waals surface area contributed by atoms with Gasteiger partial charge in [0.2, 0.25) is 0 Å². The van der Waals surface area contributed by atoms with E-state index < -0.39 is 0 Å². The molecule has 4 nitrogen and oxygen atoms in total. The largest absolute Gasteiger partial charge is 0.455 e. The second kappa shape index (κ2) is 12.8. The minimum absolute atomic E-state index is 0.128.